The number of pyridine rings is 1. The SMILES string of the molecule is CCn1ccnc(Oc2cncc(C(=O)O)c2)c1=O. The fraction of sp³-hybridized carbons (Fsp3) is 0.167. The van der Waals surface area contributed by atoms with Gasteiger partial charge in [0, 0.05) is 25.1 Å². The minimum atomic E-state index is -1.12. The second kappa shape index (κ2) is 5.30. The Morgan fingerprint density at radius 2 is 2.26 bits per heavy atom. The first-order valence-electron chi connectivity index (χ1n) is 5.53. The third kappa shape index (κ3) is 2.76. The quantitative estimate of drug-likeness (QED) is 0.887. The van der Waals surface area contributed by atoms with Crippen LogP contribution in [0, 0.1) is 0 Å². The molecule has 7 heteroatoms. The minimum Gasteiger partial charge on any atom is -0.478 e. The number of ether oxygens (including phenoxy) is 1. The van der Waals surface area contributed by atoms with Crippen molar-refractivity contribution in [1.29, 1.82) is 0 Å². The zero-order chi connectivity index (χ0) is 13.8. The number of carboxylic acid groups (broad SMARTS) is 1. The summed E-state index contributed by atoms with van der Waals surface area (Å²) < 4.78 is 6.70. The van der Waals surface area contributed by atoms with Crippen molar-refractivity contribution in [2.75, 3.05) is 0 Å². The first-order chi connectivity index (χ1) is 9.11. The van der Waals surface area contributed by atoms with E-state index in [1.165, 1.54) is 29.2 Å². The van der Waals surface area contributed by atoms with Gasteiger partial charge in [0.2, 0.25) is 0 Å². The first kappa shape index (κ1) is 12.7. The lowest BCUT2D eigenvalue weighted by Crippen LogP contribution is -2.20. The minimum absolute atomic E-state index is 0.0238. The molecule has 0 amide bonds. The molecule has 0 atom stereocenters. The summed E-state index contributed by atoms with van der Waals surface area (Å²) in [5, 5.41) is 8.84. The number of rotatable bonds is 4. The summed E-state index contributed by atoms with van der Waals surface area (Å²) in [7, 11) is 0. The molecule has 2 aromatic rings. The Morgan fingerprint density at radius 1 is 1.47 bits per heavy atom. The normalized spacial score (nSPS) is 10.2. The molecule has 0 aromatic carbocycles. The van der Waals surface area contributed by atoms with Crippen LogP contribution in [0.15, 0.2) is 35.6 Å². The van der Waals surface area contributed by atoms with Gasteiger partial charge >= 0.3 is 11.5 Å². The molecule has 0 aliphatic heterocycles. The van der Waals surface area contributed by atoms with Crippen molar-refractivity contribution in [2.24, 2.45) is 0 Å². The molecule has 2 heterocycles. The van der Waals surface area contributed by atoms with Crippen molar-refractivity contribution in [3.05, 3.63) is 46.8 Å². The Hall–Kier alpha value is -2.70. The monoisotopic (exact) mass is 261 g/mol. The summed E-state index contributed by atoms with van der Waals surface area (Å²) in [6, 6.07) is 1.28. The first-order valence-corrected chi connectivity index (χ1v) is 5.53. The smallest absolute Gasteiger partial charge is 0.337 e. The third-order valence-electron chi connectivity index (χ3n) is 2.40. The average molecular weight is 261 g/mol. The molecular formula is C12H11N3O4. The van der Waals surface area contributed by atoms with Crippen molar-refractivity contribution in [3.63, 3.8) is 0 Å². The zero-order valence-corrected chi connectivity index (χ0v) is 10.1. The number of carbonyl (C=O) groups is 1. The van der Waals surface area contributed by atoms with Gasteiger partial charge in [-0.3, -0.25) is 9.78 Å². The molecule has 0 unspecified atom stereocenters. The molecule has 0 spiro atoms. The van der Waals surface area contributed by atoms with Crippen molar-refractivity contribution < 1.29 is 14.6 Å². The van der Waals surface area contributed by atoms with Gasteiger partial charge in [-0.2, -0.15) is 0 Å². The number of aromatic nitrogens is 3. The number of hydrogen-bond donors (Lipinski definition) is 1. The van der Waals surface area contributed by atoms with Gasteiger partial charge in [0.1, 0.15) is 5.75 Å². The van der Waals surface area contributed by atoms with Gasteiger partial charge in [-0.25, -0.2) is 9.78 Å². The van der Waals surface area contributed by atoms with Gasteiger partial charge in [-0.1, -0.05) is 0 Å². The van der Waals surface area contributed by atoms with E-state index >= 15 is 0 Å². The molecule has 7 nitrogen and oxygen atoms in total. The van der Waals surface area contributed by atoms with Gasteiger partial charge in [0.25, 0.3) is 5.88 Å². The van der Waals surface area contributed by atoms with Crippen LogP contribution in [0.1, 0.15) is 17.3 Å². The summed E-state index contributed by atoms with van der Waals surface area (Å²) in [4.78, 5) is 30.2. The van der Waals surface area contributed by atoms with Crippen LogP contribution in [0.5, 0.6) is 11.6 Å². The predicted octanol–water partition coefficient (Wildman–Crippen LogP) is 1.15. The summed E-state index contributed by atoms with van der Waals surface area (Å²) in [6.45, 7) is 2.31. The summed E-state index contributed by atoms with van der Waals surface area (Å²) >= 11 is 0. The van der Waals surface area contributed by atoms with Gasteiger partial charge in [-0.05, 0) is 13.0 Å². The van der Waals surface area contributed by atoms with E-state index in [1.54, 1.807) is 6.20 Å². The molecule has 0 bridgehead atoms. The van der Waals surface area contributed by atoms with E-state index in [0.717, 1.165) is 0 Å². The number of nitrogens with zero attached hydrogens (tertiary/aromatic N) is 3. The van der Waals surface area contributed by atoms with E-state index < -0.39 is 5.97 Å². The lowest BCUT2D eigenvalue weighted by atomic mass is 10.3. The Bertz CT molecular complexity index is 666. The molecule has 0 saturated carbocycles. The molecule has 0 saturated heterocycles. The average Bonchev–Trinajstić information content (AvgIpc) is 2.41. The zero-order valence-electron chi connectivity index (χ0n) is 10.1. The number of hydrogen-bond acceptors (Lipinski definition) is 5. The molecule has 2 rings (SSSR count). The fourth-order valence-electron chi connectivity index (χ4n) is 1.45. The van der Waals surface area contributed by atoms with Crippen LogP contribution in [0.2, 0.25) is 0 Å². The number of aromatic carboxylic acids is 1. The fourth-order valence-corrected chi connectivity index (χ4v) is 1.45. The van der Waals surface area contributed by atoms with Gasteiger partial charge in [0.15, 0.2) is 0 Å². The highest BCUT2D eigenvalue weighted by molar-refractivity contribution is 5.87. The highest BCUT2D eigenvalue weighted by Crippen LogP contribution is 2.16. The molecule has 0 radical (unpaired) electrons. The Balaban J connectivity index is 2.34. The lowest BCUT2D eigenvalue weighted by molar-refractivity contribution is 0.0696. The number of carboxylic acids is 1. The second-order valence-electron chi connectivity index (χ2n) is 3.64. The maximum atomic E-state index is 11.9. The molecule has 0 aliphatic carbocycles. The molecule has 0 aliphatic rings. The van der Waals surface area contributed by atoms with Crippen LogP contribution < -0.4 is 10.3 Å². The summed E-state index contributed by atoms with van der Waals surface area (Å²) in [6.07, 6.45) is 5.49. The topological polar surface area (TPSA) is 94.3 Å². The van der Waals surface area contributed by atoms with Crippen LogP contribution in [0.25, 0.3) is 0 Å². The highest BCUT2D eigenvalue weighted by atomic mass is 16.5. The van der Waals surface area contributed by atoms with Crippen molar-refractivity contribution in [2.45, 2.75) is 13.5 Å². The Kier molecular flexibility index (Phi) is 3.56. The molecular weight excluding hydrogens is 250 g/mol. The van der Waals surface area contributed by atoms with Crippen molar-refractivity contribution >= 4 is 5.97 Å². The molecule has 98 valence electrons. The maximum absolute atomic E-state index is 11.9. The lowest BCUT2D eigenvalue weighted by Gasteiger charge is -2.06. The van der Waals surface area contributed by atoms with Crippen LogP contribution in [-0.4, -0.2) is 25.6 Å². The summed E-state index contributed by atoms with van der Waals surface area (Å²) in [5.74, 6) is -1.09. The second-order valence-corrected chi connectivity index (χ2v) is 3.64. The van der Waals surface area contributed by atoms with E-state index in [0.29, 0.717) is 6.54 Å². The van der Waals surface area contributed by atoms with E-state index in [2.05, 4.69) is 9.97 Å². The van der Waals surface area contributed by atoms with E-state index in [1.807, 2.05) is 6.92 Å². The van der Waals surface area contributed by atoms with Crippen LogP contribution in [0.3, 0.4) is 0 Å². The van der Waals surface area contributed by atoms with E-state index in [9.17, 15) is 9.59 Å². The van der Waals surface area contributed by atoms with Gasteiger partial charge in [-0.15, -0.1) is 0 Å². The highest BCUT2D eigenvalue weighted by Gasteiger charge is 2.09. The van der Waals surface area contributed by atoms with E-state index in [-0.39, 0.29) is 22.8 Å². The number of aryl methyl sites for hydroxylation is 1. The third-order valence-corrected chi connectivity index (χ3v) is 2.40. The maximum Gasteiger partial charge on any atom is 0.337 e. The van der Waals surface area contributed by atoms with Gasteiger partial charge < -0.3 is 14.4 Å². The summed E-state index contributed by atoms with van der Waals surface area (Å²) in [5.41, 5.74) is -0.407. The molecule has 1 N–H and O–H groups in total. The Morgan fingerprint density at radius 3 is 2.95 bits per heavy atom. The molecule has 19 heavy (non-hydrogen) atoms. The Labute approximate surface area is 108 Å². The van der Waals surface area contributed by atoms with E-state index in [4.69, 9.17) is 9.84 Å². The van der Waals surface area contributed by atoms with Crippen molar-refractivity contribution in [3.8, 4) is 11.6 Å². The predicted molar refractivity (Wildman–Crippen MR) is 65.4 cm³/mol. The standard InChI is InChI=1S/C12H11N3O4/c1-2-15-4-3-14-10(11(15)16)19-9-5-8(12(17)18)6-13-7-9/h3-7H,2H2,1H3,(H,17,18). The van der Waals surface area contributed by atoms with Crippen LogP contribution in [0.4, 0.5) is 0 Å². The van der Waals surface area contributed by atoms with Crippen LogP contribution >= 0.6 is 0 Å². The largest absolute Gasteiger partial charge is 0.478 e. The molecule has 2 aromatic heterocycles. The van der Waals surface area contributed by atoms with Crippen molar-refractivity contribution in [1.82, 2.24) is 14.5 Å². The van der Waals surface area contributed by atoms with Crippen LogP contribution in [-0.2, 0) is 6.54 Å². The van der Waals surface area contributed by atoms with Gasteiger partial charge in [0.05, 0.1) is 11.8 Å². The molecule has 0 fully saturated rings.